The Kier molecular flexibility index (Phi) is 12.8. The van der Waals surface area contributed by atoms with Crippen LogP contribution in [0.15, 0.2) is 183 Å². The molecule has 2 aliphatic heterocycles. The van der Waals surface area contributed by atoms with Gasteiger partial charge < -0.3 is 24.2 Å². The van der Waals surface area contributed by atoms with Crippen molar-refractivity contribution in [1.29, 1.82) is 0 Å². The molecule has 0 fully saturated rings. The van der Waals surface area contributed by atoms with Gasteiger partial charge in [0.1, 0.15) is 0 Å². The van der Waals surface area contributed by atoms with Crippen molar-refractivity contribution in [1.82, 2.24) is 9.55 Å². The average Bonchev–Trinajstić information content (AvgIpc) is 4.10. The molecule has 6 nitrogen and oxygen atoms in total. The molecule has 0 bridgehead atoms. The summed E-state index contributed by atoms with van der Waals surface area (Å²) in [6.45, 7) is 13.2. The van der Waals surface area contributed by atoms with Crippen LogP contribution in [0.3, 0.4) is 0 Å². The van der Waals surface area contributed by atoms with Gasteiger partial charge in [-0.3, -0.25) is 4.98 Å². The van der Waals surface area contributed by atoms with Gasteiger partial charge in [0.2, 0.25) is 0 Å². The predicted molar refractivity (Wildman–Crippen MR) is 251 cm³/mol. The molecule has 0 saturated carbocycles. The molecule has 0 atom stereocenters. The molecule has 304 valence electrons. The minimum atomic E-state index is 0. The zero-order valence-corrected chi connectivity index (χ0v) is 37.7. The van der Waals surface area contributed by atoms with Crippen molar-refractivity contribution in [2.45, 2.75) is 39.5 Å². The van der Waals surface area contributed by atoms with Crippen LogP contribution in [-0.4, -0.2) is 9.55 Å². The van der Waals surface area contributed by atoms with Crippen LogP contribution < -0.4 is 19.6 Å². The molecular formula is C55H46N6Os. The van der Waals surface area contributed by atoms with Crippen LogP contribution in [-0.2, 0) is 19.8 Å². The number of benzene rings is 7. The Balaban J connectivity index is 0.000000245. The normalized spacial score (nSPS) is 13.0. The molecule has 10 rings (SSSR count). The monoisotopic (exact) mass is 982 g/mol. The average molecular weight is 981 g/mol. The molecule has 0 radical (unpaired) electrons. The minimum Gasteiger partial charge on any atom is -0.500 e. The Labute approximate surface area is 380 Å². The molecule has 0 aliphatic carbocycles. The van der Waals surface area contributed by atoms with Crippen LogP contribution in [0.2, 0.25) is 0 Å². The van der Waals surface area contributed by atoms with Gasteiger partial charge in [0.15, 0.2) is 0 Å². The summed E-state index contributed by atoms with van der Waals surface area (Å²) in [5.41, 5.74) is 13.5. The van der Waals surface area contributed by atoms with Gasteiger partial charge in [0, 0.05) is 29.5 Å². The van der Waals surface area contributed by atoms with Crippen molar-refractivity contribution in [2.24, 2.45) is 0 Å². The number of hydrogen-bond donors (Lipinski definition) is 0. The molecule has 0 spiro atoms. The van der Waals surface area contributed by atoms with E-state index in [0.717, 1.165) is 45.5 Å². The number of nitrogens with zero attached hydrogens (tertiary/aromatic N) is 6. The van der Waals surface area contributed by atoms with Gasteiger partial charge in [0.05, 0.1) is 5.82 Å². The second-order valence-electron chi connectivity index (χ2n) is 15.6. The predicted octanol–water partition coefficient (Wildman–Crippen LogP) is 13.7. The fourth-order valence-corrected chi connectivity index (χ4v) is 7.80. The van der Waals surface area contributed by atoms with Crippen molar-refractivity contribution in [3.05, 3.63) is 231 Å². The third-order valence-electron chi connectivity index (χ3n) is 10.8. The fraction of sp³-hybridized carbons (Fsp3) is 0.109. The first-order valence-electron chi connectivity index (χ1n) is 20.8. The number of hydrogen-bond acceptors (Lipinski definition) is 5. The second-order valence-corrected chi connectivity index (χ2v) is 15.6. The smallest absolute Gasteiger partial charge is 0.500 e. The molecule has 0 unspecified atom stereocenters. The molecule has 3 heterocycles. The zero-order valence-electron chi connectivity index (χ0n) is 35.2. The molecule has 7 aromatic carbocycles. The fourth-order valence-electron chi connectivity index (χ4n) is 7.80. The van der Waals surface area contributed by atoms with Crippen LogP contribution in [0.4, 0.5) is 34.1 Å². The molecule has 0 amide bonds. The topological polar surface area (TPSA) is 30.8 Å². The van der Waals surface area contributed by atoms with E-state index in [0.29, 0.717) is 11.8 Å². The molecule has 1 aromatic heterocycles. The molecule has 62 heavy (non-hydrogen) atoms. The van der Waals surface area contributed by atoms with Gasteiger partial charge >= 0.3 is 19.8 Å². The van der Waals surface area contributed by atoms with Crippen LogP contribution in [0.5, 0.6) is 0 Å². The SMILES string of the molecule is CC(C)c1cc(-c2ccccc2)cc(C(C)C)c1-n1ccnc1-c1[c-]c(N2[CH-]N(c3[c-]cccc3)c3ccccc32)ccc1.[Os+6].[c-]1ccccc1N1C=CN(c2[c-]cccc2)[CH-]1. The van der Waals surface area contributed by atoms with Crippen LogP contribution in [0.1, 0.15) is 50.7 Å². The maximum atomic E-state index is 4.91. The number of para-hydroxylation sites is 5. The van der Waals surface area contributed by atoms with E-state index >= 15 is 0 Å². The van der Waals surface area contributed by atoms with E-state index in [9.17, 15) is 0 Å². The van der Waals surface area contributed by atoms with Crippen molar-refractivity contribution in [2.75, 3.05) is 19.6 Å². The Morgan fingerprint density at radius 3 is 1.58 bits per heavy atom. The van der Waals surface area contributed by atoms with E-state index in [4.69, 9.17) is 4.98 Å². The van der Waals surface area contributed by atoms with E-state index < -0.39 is 0 Å². The summed E-state index contributed by atoms with van der Waals surface area (Å²) in [5, 5.41) is 0. The van der Waals surface area contributed by atoms with E-state index in [2.05, 4.69) is 170 Å². The van der Waals surface area contributed by atoms with Crippen LogP contribution in [0, 0.1) is 37.6 Å². The van der Waals surface area contributed by atoms with Crippen molar-refractivity contribution in [3.63, 3.8) is 0 Å². The molecule has 8 aromatic rings. The first kappa shape index (κ1) is 42.0. The van der Waals surface area contributed by atoms with Gasteiger partial charge in [-0.05, 0) is 70.8 Å². The molecule has 0 N–H and O–H groups in total. The summed E-state index contributed by atoms with van der Waals surface area (Å²) in [6.07, 6.45) is 8.01. The van der Waals surface area contributed by atoms with Crippen LogP contribution >= 0.6 is 0 Å². The minimum absolute atomic E-state index is 0. The Morgan fingerprint density at radius 2 is 1.03 bits per heavy atom. The first-order chi connectivity index (χ1) is 29.9. The van der Waals surface area contributed by atoms with Crippen molar-refractivity contribution >= 4 is 34.1 Å². The van der Waals surface area contributed by atoms with Crippen molar-refractivity contribution in [3.8, 4) is 28.2 Å². The van der Waals surface area contributed by atoms with Gasteiger partial charge in [-0.2, -0.15) is 91.0 Å². The van der Waals surface area contributed by atoms with Crippen LogP contribution in [0.25, 0.3) is 28.2 Å². The molecule has 2 aliphatic rings. The van der Waals surface area contributed by atoms with Crippen molar-refractivity contribution < 1.29 is 19.8 Å². The number of fused-ring (bicyclic) bond motifs is 1. The summed E-state index contributed by atoms with van der Waals surface area (Å²) in [7, 11) is 0. The summed E-state index contributed by atoms with van der Waals surface area (Å²) in [6, 6.07) is 67.5. The molecule has 7 heteroatoms. The van der Waals surface area contributed by atoms with E-state index in [-0.39, 0.29) is 19.8 Å². The number of rotatable bonds is 9. The number of imidazole rings is 1. The standard InChI is InChI=1S/C40H35N4.C15H11N2.Os/c1-28(2)35-25-32(30-14-7-5-8-15-30)26-36(29(3)4)39(35)42-23-22-41-40(42)31-16-13-19-34(24-31)44-27-43(33-17-9-6-10-18-33)37-20-11-12-21-38(37)44;1-3-7-14(8-4-1)16-11-12-17(13-16)15-9-5-2-6-10-15;/h5-17,19-23,25-29H,1-4H3;1-7,9,11-13H;/q2*-3;+6. The Bertz CT molecular complexity index is 2650. The second kappa shape index (κ2) is 18.9. The maximum absolute atomic E-state index is 4.91. The van der Waals surface area contributed by atoms with Gasteiger partial charge in [-0.15, -0.1) is 60.2 Å². The number of aromatic nitrogens is 2. The van der Waals surface area contributed by atoms with Gasteiger partial charge in [0.25, 0.3) is 0 Å². The quantitative estimate of drug-likeness (QED) is 0.135. The summed E-state index contributed by atoms with van der Waals surface area (Å²) in [5.74, 6) is 1.53. The van der Waals surface area contributed by atoms with E-state index in [1.54, 1.807) is 0 Å². The molecular weight excluding hydrogens is 935 g/mol. The largest absolute Gasteiger partial charge is 6.00 e. The third kappa shape index (κ3) is 8.73. The maximum Gasteiger partial charge on any atom is 6.00 e. The van der Waals surface area contributed by atoms with Gasteiger partial charge in [-0.1, -0.05) is 75.8 Å². The molecule has 0 saturated heterocycles. The first-order valence-corrected chi connectivity index (χ1v) is 20.8. The Hall–Kier alpha value is -6.67. The third-order valence-corrected chi connectivity index (χ3v) is 10.8. The zero-order chi connectivity index (χ0) is 41.7. The van der Waals surface area contributed by atoms with E-state index in [1.807, 2.05) is 102 Å². The summed E-state index contributed by atoms with van der Waals surface area (Å²) in [4.78, 5) is 13.3. The van der Waals surface area contributed by atoms with E-state index in [1.165, 1.54) is 27.9 Å². The summed E-state index contributed by atoms with van der Waals surface area (Å²) < 4.78 is 2.27. The van der Waals surface area contributed by atoms with Gasteiger partial charge in [-0.25, -0.2) is 0 Å². The number of anilines is 6. The Morgan fingerprint density at radius 1 is 0.516 bits per heavy atom. The summed E-state index contributed by atoms with van der Waals surface area (Å²) >= 11 is 0.